The number of ether oxygens (including phenoxy) is 3. The van der Waals surface area contributed by atoms with Gasteiger partial charge in [0.25, 0.3) is 0 Å². The Labute approximate surface area is 278 Å². The smallest absolute Gasteiger partial charge is 0.328 e. The van der Waals surface area contributed by atoms with Crippen LogP contribution in [0, 0.1) is 11.8 Å². The number of allylic oxidation sites excluding steroid dienone is 9. The van der Waals surface area contributed by atoms with Crippen LogP contribution in [0.1, 0.15) is 53.9 Å². The molecule has 0 saturated carbocycles. The summed E-state index contributed by atoms with van der Waals surface area (Å²) in [6, 6.07) is 0. The van der Waals surface area contributed by atoms with Crippen LogP contribution in [0.3, 0.4) is 0 Å². The average Bonchev–Trinajstić information content (AvgIpc) is 3.38. The lowest BCUT2D eigenvalue weighted by molar-refractivity contribution is -0.329. The van der Waals surface area contributed by atoms with Crippen molar-refractivity contribution >= 4 is 11.9 Å². The molecule has 1 amide bonds. The molecule has 11 heteroatoms. The highest BCUT2D eigenvalue weighted by atomic mass is 16.6. The van der Waals surface area contributed by atoms with E-state index in [9.17, 15) is 30.0 Å². The lowest BCUT2D eigenvalue weighted by Crippen LogP contribution is -2.64. The average molecular weight is 660 g/mol. The summed E-state index contributed by atoms with van der Waals surface area (Å²) < 4.78 is 17.7. The van der Waals surface area contributed by atoms with E-state index in [2.05, 4.69) is 5.32 Å². The Morgan fingerprint density at radius 2 is 1.74 bits per heavy atom. The molecule has 0 aromatic rings. The van der Waals surface area contributed by atoms with Gasteiger partial charge in [-0.05, 0) is 32.8 Å². The molecule has 2 fully saturated rings. The molecule has 2 aliphatic rings. The standard InChI is InChI=1S/C36H53NO10/c1-7-9-12-19-31-35(5,43)30(39)23-36(44,47-31)26(8-2)34(42)37-21-16-15-17-24(3)33(45-6)25(4)29-22-27(38)28(46-29)18-13-10-11-14-20-32(40)41/h7,9-20,25-31,33,38-39,43-44H,8,21-23H2,1-6H3,(H,37,42)(H,40,41)/b9-7+,11-10+,16-15+,18-13+,19-12+,20-14+,24-17+. The van der Waals surface area contributed by atoms with E-state index in [0.29, 0.717) is 6.42 Å². The second-order valence-corrected chi connectivity index (χ2v) is 12.2. The Balaban J connectivity index is 1.97. The van der Waals surface area contributed by atoms with Crippen molar-refractivity contribution in [2.75, 3.05) is 13.7 Å². The number of carboxylic acids is 1. The number of hydrogen-bond acceptors (Lipinski definition) is 9. The number of aliphatic carboxylic acids is 1. The summed E-state index contributed by atoms with van der Waals surface area (Å²) >= 11 is 0. The van der Waals surface area contributed by atoms with E-state index in [0.717, 1.165) is 11.6 Å². The molecule has 0 radical (unpaired) electrons. The Morgan fingerprint density at radius 1 is 1.06 bits per heavy atom. The van der Waals surface area contributed by atoms with Gasteiger partial charge in [0.05, 0.1) is 30.3 Å². The molecule has 10 atom stereocenters. The van der Waals surface area contributed by atoms with E-state index in [1.807, 2.05) is 26.8 Å². The lowest BCUT2D eigenvalue weighted by Gasteiger charge is -2.49. The molecule has 0 aliphatic carbocycles. The maximum absolute atomic E-state index is 13.1. The van der Waals surface area contributed by atoms with E-state index in [4.69, 9.17) is 19.3 Å². The van der Waals surface area contributed by atoms with E-state index in [1.54, 1.807) is 74.8 Å². The quantitative estimate of drug-likeness (QED) is 0.107. The zero-order valence-corrected chi connectivity index (χ0v) is 28.2. The number of carbonyl (C=O) groups excluding carboxylic acids is 1. The van der Waals surface area contributed by atoms with Gasteiger partial charge in [-0.25, -0.2) is 4.79 Å². The maximum Gasteiger partial charge on any atom is 0.328 e. The van der Waals surface area contributed by atoms with Gasteiger partial charge in [0.15, 0.2) is 5.79 Å². The van der Waals surface area contributed by atoms with Gasteiger partial charge in [0.2, 0.25) is 5.91 Å². The molecule has 2 rings (SSSR count). The summed E-state index contributed by atoms with van der Waals surface area (Å²) in [6.07, 6.45) is 17.5. The predicted octanol–water partition coefficient (Wildman–Crippen LogP) is 3.28. The van der Waals surface area contributed by atoms with Crippen LogP contribution in [0.4, 0.5) is 0 Å². The van der Waals surface area contributed by atoms with Gasteiger partial charge in [-0.3, -0.25) is 4.79 Å². The van der Waals surface area contributed by atoms with Gasteiger partial charge in [-0.2, -0.15) is 0 Å². The number of rotatable bonds is 16. The van der Waals surface area contributed by atoms with Crippen LogP contribution >= 0.6 is 0 Å². The predicted molar refractivity (Wildman–Crippen MR) is 179 cm³/mol. The summed E-state index contributed by atoms with van der Waals surface area (Å²) in [5.74, 6) is -4.52. The van der Waals surface area contributed by atoms with Crippen molar-refractivity contribution in [3.63, 3.8) is 0 Å². The number of carboxylic acid groups (broad SMARTS) is 1. The molecule has 11 nitrogen and oxygen atoms in total. The van der Waals surface area contributed by atoms with Crippen molar-refractivity contribution in [3.8, 4) is 0 Å². The van der Waals surface area contributed by atoms with Crippen molar-refractivity contribution in [2.45, 2.75) is 102 Å². The van der Waals surface area contributed by atoms with Crippen LogP contribution in [0.5, 0.6) is 0 Å². The summed E-state index contributed by atoms with van der Waals surface area (Å²) in [5.41, 5.74) is -0.727. The number of aliphatic hydroxyl groups is 4. The molecule has 2 aliphatic heterocycles. The van der Waals surface area contributed by atoms with Crippen LogP contribution in [-0.4, -0.2) is 99.1 Å². The fraction of sp³-hybridized carbons (Fsp3) is 0.556. The number of amides is 1. The molecule has 0 spiro atoms. The fourth-order valence-electron chi connectivity index (χ4n) is 5.85. The largest absolute Gasteiger partial charge is 0.478 e. The van der Waals surface area contributed by atoms with Gasteiger partial charge in [0, 0.05) is 38.5 Å². The summed E-state index contributed by atoms with van der Waals surface area (Å²) in [5, 5.41) is 54.8. The molecule has 6 N–H and O–H groups in total. The van der Waals surface area contributed by atoms with Gasteiger partial charge >= 0.3 is 5.97 Å². The van der Waals surface area contributed by atoms with E-state index in [-0.39, 0.29) is 37.5 Å². The molecule has 47 heavy (non-hydrogen) atoms. The van der Waals surface area contributed by atoms with Gasteiger partial charge in [0.1, 0.15) is 17.8 Å². The van der Waals surface area contributed by atoms with E-state index < -0.39 is 53.6 Å². The maximum atomic E-state index is 13.1. The minimum Gasteiger partial charge on any atom is -0.478 e. The van der Waals surface area contributed by atoms with Crippen LogP contribution in [0.15, 0.2) is 84.6 Å². The Morgan fingerprint density at radius 3 is 2.38 bits per heavy atom. The molecule has 0 aromatic heterocycles. The van der Waals surface area contributed by atoms with E-state index in [1.165, 1.54) is 13.0 Å². The number of carbonyl (C=O) groups is 2. The minimum atomic E-state index is -1.98. The van der Waals surface area contributed by atoms with Crippen LogP contribution in [0.2, 0.25) is 0 Å². The second-order valence-electron chi connectivity index (χ2n) is 12.2. The minimum absolute atomic E-state index is 0.0826. The zero-order chi connectivity index (χ0) is 35.2. The molecule has 2 saturated heterocycles. The first-order chi connectivity index (χ1) is 22.2. The number of hydrogen-bond donors (Lipinski definition) is 6. The molecular formula is C36H53NO10. The monoisotopic (exact) mass is 659 g/mol. The summed E-state index contributed by atoms with van der Waals surface area (Å²) in [7, 11) is 1.61. The first kappa shape index (κ1) is 40.0. The van der Waals surface area contributed by atoms with Crippen LogP contribution in [0.25, 0.3) is 0 Å². The van der Waals surface area contributed by atoms with Crippen molar-refractivity contribution in [1.82, 2.24) is 5.32 Å². The first-order valence-electron chi connectivity index (χ1n) is 16.0. The van der Waals surface area contributed by atoms with Crippen LogP contribution in [-0.2, 0) is 23.8 Å². The van der Waals surface area contributed by atoms with Crippen molar-refractivity contribution < 1.29 is 49.3 Å². The summed E-state index contributed by atoms with van der Waals surface area (Å²) in [6.45, 7) is 9.11. The number of aliphatic hydroxyl groups excluding tert-OH is 2. The highest BCUT2D eigenvalue weighted by Gasteiger charge is 2.55. The van der Waals surface area contributed by atoms with Gasteiger partial charge in [-0.1, -0.05) is 86.8 Å². The molecule has 0 aromatic carbocycles. The van der Waals surface area contributed by atoms with Crippen molar-refractivity contribution in [2.24, 2.45) is 11.8 Å². The zero-order valence-electron chi connectivity index (χ0n) is 28.2. The van der Waals surface area contributed by atoms with Crippen molar-refractivity contribution in [3.05, 3.63) is 84.6 Å². The van der Waals surface area contributed by atoms with Gasteiger partial charge < -0.3 is 45.1 Å². The first-order valence-corrected chi connectivity index (χ1v) is 16.0. The van der Waals surface area contributed by atoms with E-state index >= 15 is 0 Å². The number of methoxy groups -OCH3 is 1. The topological polar surface area (TPSA) is 175 Å². The normalized spacial score (nSPS) is 32.8. The third kappa shape index (κ3) is 11.5. The Kier molecular flexibility index (Phi) is 16.2. The highest BCUT2D eigenvalue weighted by Crippen LogP contribution is 2.40. The Hall–Kier alpha value is -3.16. The lowest BCUT2D eigenvalue weighted by atomic mass is 9.79. The molecule has 0 bridgehead atoms. The number of nitrogens with one attached hydrogen (secondary N) is 1. The van der Waals surface area contributed by atoms with Crippen molar-refractivity contribution in [1.29, 1.82) is 0 Å². The highest BCUT2D eigenvalue weighted by molar-refractivity contribution is 5.80. The molecular weight excluding hydrogens is 606 g/mol. The third-order valence-corrected chi connectivity index (χ3v) is 8.64. The molecule has 2 heterocycles. The molecule has 262 valence electrons. The van der Waals surface area contributed by atoms with Crippen LogP contribution < -0.4 is 5.32 Å². The molecule has 10 unspecified atom stereocenters. The second kappa shape index (κ2) is 19.0. The summed E-state index contributed by atoms with van der Waals surface area (Å²) in [4.78, 5) is 23.7. The fourth-order valence-corrected chi connectivity index (χ4v) is 5.85. The van der Waals surface area contributed by atoms with Gasteiger partial charge in [-0.15, -0.1) is 0 Å². The SMILES string of the molecule is C/C=C/C=C/C1OC(O)(C(CC)C(=O)NC/C=C/C=C(\C)C(OC)C(C)C2CC(O)C(/C=C/C=C/C=C/C(=O)O)O2)CC(O)C1(C)O. The third-order valence-electron chi connectivity index (χ3n) is 8.64. The Bertz CT molecular complexity index is 1230.